The van der Waals surface area contributed by atoms with E-state index in [1.165, 1.54) is 12.0 Å². The Morgan fingerprint density at radius 1 is 1.22 bits per heavy atom. The zero-order valence-corrected chi connectivity index (χ0v) is 12.6. The second kappa shape index (κ2) is 6.79. The summed E-state index contributed by atoms with van der Waals surface area (Å²) in [6.45, 7) is 8.65. The van der Waals surface area contributed by atoms with Crippen LogP contribution in [-0.4, -0.2) is 25.1 Å². The van der Waals surface area contributed by atoms with E-state index >= 15 is 0 Å². The molecule has 3 atom stereocenters. The molecule has 3 unspecified atom stereocenters. The first kappa shape index (κ1) is 15.0. The molecule has 1 aromatic rings. The third-order valence-electron chi connectivity index (χ3n) is 4.03. The fraction of sp³-hybridized carbons (Fsp3) is 0.625. The Hall–Kier alpha value is -1.02. The first-order valence-electron chi connectivity index (χ1n) is 6.99. The Kier molecular flexibility index (Phi) is 5.67. The van der Waals surface area contributed by atoms with E-state index in [0.29, 0.717) is 12.1 Å². The maximum Gasteiger partial charge on any atom is 0.119 e. The van der Waals surface area contributed by atoms with Crippen molar-refractivity contribution in [2.75, 3.05) is 14.2 Å². The Morgan fingerprint density at radius 3 is 2.39 bits per heavy atom. The average Bonchev–Trinajstić information content (AvgIpc) is 2.69. The number of ether oxygens (including phenoxy) is 1. The maximum atomic E-state index is 5.28. The van der Waals surface area contributed by atoms with Crippen molar-refractivity contribution in [2.45, 2.75) is 46.2 Å². The van der Waals surface area contributed by atoms with Gasteiger partial charge in [-0.15, -0.1) is 0 Å². The lowest BCUT2D eigenvalue weighted by Crippen LogP contribution is -2.26. The number of rotatable bonds is 2. The molecule has 1 aromatic carbocycles. The summed E-state index contributed by atoms with van der Waals surface area (Å²) in [5.74, 6) is 1.72. The van der Waals surface area contributed by atoms with Crippen molar-refractivity contribution in [1.82, 2.24) is 4.90 Å². The standard InChI is InChI=1S/C14H21NO.C2H6/c1-10-8-14(15(3)11(10)2)12-6-5-7-13(9-12)16-4;1-2/h5-7,9-11,14H,8H2,1-4H3;1-2H3. The lowest BCUT2D eigenvalue weighted by molar-refractivity contribution is 0.244. The van der Waals surface area contributed by atoms with Crippen LogP contribution >= 0.6 is 0 Å². The predicted molar refractivity (Wildman–Crippen MR) is 78.1 cm³/mol. The predicted octanol–water partition coefficient (Wildman–Crippen LogP) is 4.12. The van der Waals surface area contributed by atoms with Gasteiger partial charge in [-0.2, -0.15) is 0 Å². The zero-order chi connectivity index (χ0) is 13.7. The van der Waals surface area contributed by atoms with Crippen LogP contribution in [0.1, 0.15) is 45.7 Å². The van der Waals surface area contributed by atoms with Gasteiger partial charge in [-0.1, -0.05) is 32.9 Å². The van der Waals surface area contributed by atoms with Gasteiger partial charge in [-0.3, -0.25) is 4.90 Å². The van der Waals surface area contributed by atoms with Gasteiger partial charge in [0.25, 0.3) is 0 Å². The van der Waals surface area contributed by atoms with E-state index < -0.39 is 0 Å². The van der Waals surface area contributed by atoms with Gasteiger partial charge >= 0.3 is 0 Å². The molecule has 2 nitrogen and oxygen atoms in total. The molecule has 0 N–H and O–H groups in total. The zero-order valence-electron chi connectivity index (χ0n) is 12.6. The smallest absolute Gasteiger partial charge is 0.119 e. The summed E-state index contributed by atoms with van der Waals surface area (Å²) in [5.41, 5.74) is 1.37. The van der Waals surface area contributed by atoms with Crippen molar-refractivity contribution in [1.29, 1.82) is 0 Å². The van der Waals surface area contributed by atoms with Crippen LogP contribution in [0, 0.1) is 5.92 Å². The molecule has 1 fully saturated rings. The van der Waals surface area contributed by atoms with E-state index in [2.05, 4.69) is 44.0 Å². The molecule has 1 saturated heterocycles. The van der Waals surface area contributed by atoms with Crippen molar-refractivity contribution >= 4 is 0 Å². The lowest BCUT2D eigenvalue weighted by atomic mass is 9.99. The van der Waals surface area contributed by atoms with E-state index in [1.54, 1.807) is 7.11 Å². The summed E-state index contributed by atoms with van der Waals surface area (Å²) >= 11 is 0. The molecule has 0 aliphatic carbocycles. The highest BCUT2D eigenvalue weighted by atomic mass is 16.5. The van der Waals surface area contributed by atoms with Gasteiger partial charge in [0.15, 0.2) is 0 Å². The van der Waals surface area contributed by atoms with Crippen molar-refractivity contribution in [3.05, 3.63) is 29.8 Å². The Labute approximate surface area is 112 Å². The van der Waals surface area contributed by atoms with Crippen LogP contribution in [0.25, 0.3) is 0 Å². The van der Waals surface area contributed by atoms with Gasteiger partial charge in [-0.05, 0) is 44.0 Å². The summed E-state index contributed by atoms with van der Waals surface area (Å²) in [6.07, 6.45) is 1.24. The van der Waals surface area contributed by atoms with Crippen LogP contribution in [-0.2, 0) is 0 Å². The summed E-state index contributed by atoms with van der Waals surface area (Å²) in [4.78, 5) is 2.47. The van der Waals surface area contributed by atoms with Crippen LogP contribution in [0.2, 0.25) is 0 Å². The second-order valence-electron chi connectivity index (χ2n) is 4.91. The maximum absolute atomic E-state index is 5.28. The normalized spacial score (nSPS) is 27.6. The fourth-order valence-electron chi connectivity index (χ4n) is 2.62. The highest BCUT2D eigenvalue weighted by Gasteiger charge is 2.34. The van der Waals surface area contributed by atoms with Crippen molar-refractivity contribution in [2.24, 2.45) is 5.92 Å². The molecule has 2 rings (SSSR count). The molecule has 1 heterocycles. The minimum Gasteiger partial charge on any atom is -0.497 e. The monoisotopic (exact) mass is 249 g/mol. The Bertz CT molecular complexity index is 364. The summed E-state index contributed by atoms with van der Waals surface area (Å²) < 4.78 is 5.28. The molecule has 18 heavy (non-hydrogen) atoms. The number of hydrogen-bond acceptors (Lipinski definition) is 2. The molecule has 1 aliphatic heterocycles. The molecule has 102 valence electrons. The summed E-state index contributed by atoms with van der Waals surface area (Å²) in [7, 11) is 3.95. The molecule has 0 spiro atoms. The molecule has 0 amide bonds. The van der Waals surface area contributed by atoms with Gasteiger partial charge in [0.05, 0.1) is 7.11 Å². The van der Waals surface area contributed by atoms with Crippen LogP contribution in [0.3, 0.4) is 0 Å². The first-order chi connectivity index (χ1) is 8.63. The summed E-state index contributed by atoms with van der Waals surface area (Å²) in [6, 6.07) is 9.65. The van der Waals surface area contributed by atoms with E-state index in [4.69, 9.17) is 4.74 Å². The number of nitrogens with zero attached hydrogens (tertiary/aromatic N) is 1. The third-order valence-corrected chi connectivity index (χ3v) is 4.03. The molecular weight excluding hydrogens is 222 g/mol. The highest BCUT2D eigenvalue weighted by molar-refractivity contribution is 5.31. The van der Waals surface area contributed by atoms with E-state index in [0.717, 1.165) is 11.7 Å². The third kappa shape index (κ3) is 3.05. The molecule has 0 aromatic heterocycles. The minimum absolute atomic E-state index is 0.542. The highest BCUT2D eigenvalue weighted by Crippen LogP contribution is 2.38. The van der Waals surface area contributed by atoms with Crippen LogP contribution in [0.5, 0.6) is 5.75 Å². The lowest BCUT2D eigenvalue weighted by Gasteiger charge is -2.24. The number of likely N-dealkylation sites (tertiary alicyclic amines) is 1. The molecule has 0 saturated carbocycles. The Balaban J connectivity index is 0.000000771. The van der Waals surface area contributed by atoms with E-state index in [1.807, 2.05) is 19.9 Å². The first-order valence-corrected chi connectivity index (χ1v) is 6.99. The van der Waals surface area contributed by atoms with Gasteiger partial charge < -0.3 is 4.74 Å². The Morgan fingerprint density at radius 2 is 1.89 bits per heavy atom. The van der Waals surface area contributed by atoms with Gasteiger partial charge in [0, 0.05) is 12.1 Å². The van der Waals surface area contributed by atoms with E-state index in [-0.39, 0.29) is 0 Å². The van der Waals surface area contributed by atoms with Gasteiger partial charge in [0.2, 0.25) is 0 Å². The van der Waals surface area contributed by atoms with Gasteiger partial charge in [-0.25, -0.2) is 0 Å². The number of hydrogen-bond donors (Lipinski definition) is 0. The molecule has 1 aliphatic rings. The molecule has 0 bridgehead atoms. The fourth-order valence-corrected chi connectivity index (χ4v) is 2.62. The number of methoxy groups -OCH3 is 1. The van der Waals surface area contributed by atoms with Crippen molar-refractivity contribution < 1.29 is 4.74 Å². The van der Waals surface area contributed by atoms with E-state index in [9.17, 15) is 0 Å². The quantitative estimate of drug-likeness (QED) is 0.781. The number of benzene rings is 1. The van der Waals surface area contributed by atoms with Crippen molar-refractivity contribution in [3.63, 3.8) is 0 Å². The van der Waals surface area contributed by atoms with Crippen LogP contribution in [0.4, 0.5) is 0 Å². The summed E-state index contributed by atoms with van der Waals surface area (Å²) in [5, 5.41) is 0. The van der Waals surface area contributed by atoms with Crippen molar-refractivity contribution in [3.8, 4) is 5.75 Å². The van der Waals surface area contributed by atoms with Crippen LogP contribution in [0.15, 0.2) is 24.3 Å². The SMILES string of the molecule is CC.COc1cccc(C2CC(C)C(C)N2C)c1. The minimum atomic E-state index is 0.542. The largest absolute Gasteiger partial charge is 0.497 e. The molecular formula is C16H27NO. The molecule has 0 radical (unpaired) electrons. The topological polar surface area (TPSA) is 12.5 Å². The average molecular weight is 249 g/mol. The van der Waals surface area contributed by atoms with Gasteiger partial charge in [0.1, 0.15) is 5.75 Å². The molecule has 2 heteroatoms. The second-order valence-corrected chi connectivity index (χ2v) is 4.91. The van der Waals surface area contributed by atoms with Crippen LogP contribution < -0.4 is 4.74 Å².